The molecular weight excluding hydrogens is 358 g/mol. The molecule has 0 fully saturated rings. The number of para-hydroxylation sites is 1. The van der Waals surface area contributed by atoms with Gasteiger partial charge in [0.25, 0.3) is 5.69 Å². The number of nitrogens with zero attached hydrogens (tertiary/aromatic N) is 1. The molecule has 0 unspecified atom stereocenters. The fourth-order valence-electron chi connectivity index (χ4n) is 4.11. The third-order valence-electron chi connectivity index (χ3n) is 5.38. The third kappa shape index (κ3) is 2.84. The summed E-state index contributed by atoms with van der Waals surface area (Å²) < 4.78 is 0. The smallest absolute Gasteiger partial charge is 0.258 e. The van der Waals surface area contributed by atoms with Crippen LogP contribution in [0, 0.1) is 10.1 Å². The summed E-state index contributed by atoms with van der Waals surface area (Å²) in [6, 6.07) is 33.7. The molecule has 0 aliphatic rings. The van der Waals surface area contributed by atoms with E-state index < -0.39 is 0 Å². The lowest BCUT2D eigenvalue weighted by Crippen LogP contribution is -1.93. The van der Waals surface area contributed by atoms with E-state index >= 15 is 0 Å². The number of benzene rings is 5. The van der Waals surface area contributed by atoms with Gasteiger partial charge in [0.15, 0.2) is 0 Å². The molecule has 0 bridgehead atoms. The first-order chi connectivity index (χ1) is 14.2. The first-order valence-electron chi connectivity index (χ1n) is 9.48. The normalized spacial score (nSPS) is 11.0. The highest BCUT2D eigenvalue weighted by Gasteiger charge is 2.18. The van der Waals surface area contributed by atoms with Crippen LogP contribution in [0.4, 0.5) is 5.69 Å². The Hall–Kier alpha value is -3.98. The Kier molecular flexibility index (Phi) is 4.07. The van der Waals surface area contributed by atoms with Crippen molar-refractivity contribution < 1.29 is 4.92 Å². The highest BCUT2D eigenvalue weighted by Crippen LogP contribution is 2.41. The van der Waals surface area contributed by atoms with Crippen LogP contribution in [0.3, 0.4) is 0 Å². The van der Waals surface area contributed by atoms with Crippen LogP contribution in [-0.2, 0) is 0 Å². The van der Waals surface area contributed by atoms with Gasteiger partial charge in [-0.2, -0.15) is 0 Å². The molecule has 0 spiro atoms. The fourth-order valence-corrected chi connectivity index (χ4v) is 4.11. The molecule has 0 atom stereocenters. The molecular formula is C26H17NO2. The molecule has 0 N–H and O–H groups in total. The van der Waals surface area contributed by atoms with Crippen molar-refractivity contribution in [2.45, 2.75) is 0 Å². The predicted octanol–water partition coefficient (Wildman–Crippen LogP) is 7.24. The zero-order valence-corrected chi connectivity index (χ0v) is 15.6. The lowest BCUT2D eigenvalue weighted by molar-refractivity contribution is -0.384. The van der Waals surface area contributed by atoms with E-state index in [2.05, 4.69) is 48.5 Å². The molecule has 3 heteroatoms. The van der Waals surface area contributed by atoms with Crippen molar-refractivity contribution >= 4 is 27.2 Å². The lowest BCUT2D eigenvalue weighted by atomic mass is 9.89. The Bertz CT molecular complexity index is 1380. The second-order valence-corrected chi connectivity index (χ2v) is 7.01. The Balaban J connectivity index is 1.90. The number of fused-ring (bicyclic) bond motifs is 2. The van der Waals surface area contributed by atoms with E-state index in [9.17, 15) is 10.1 Å². The lowest BCUT2D eigenvalue weighted by Gasteiger charge is -2.14. The van der Waals surface area contributed by atoms with Crippen LogP contribution in [0.5, 0.6) is 0 Å². The van der Waals surface area contributed by atoms with Crippen molar-refractivity contribution in [1.82, 2.24) is 0 Å². The minimum Gasteiger partial charge on any atom is -0.258 e. The van der Waals surface area contributed by atoms with Crippen LogP contribution < -0.4 is 0 Å². The molecule has 0 heterocycles. The van der Waals surface area contributed by atoms with Crippen LogP contribution >= 0.6 is 0 Å². The van der Waals surface area contributed by atoms with Gasteiger partial charge < -0.3 is 0 Å². The second-order valence-electron chi connectivity index (χ2n) is 7.01. The monoisotopic (exact) mass is 375 g/mol. The van der Waals surface area contributed by atoms with Gasteiger partial charge in [0.1, 0.15) is 0 Å². The quantitative estimate of drug-likeness (QED) is 0.246. The maximum atomic E-state index is 11.7. The highest BCUT2D eigenvalue weighted by molar-refractivity contribution is 6.11. The van der Waals surface area contributed by atoms with Crippen LogP contribution in [0.25, 0.3) is 43.8 Å². The van der Waals surface area contributed by atoms with E-state index in [1.165, 1.54) is 10.8 Å². The second kappa shape index (κ2) is 6.88. The van der Waals surface area contributed by atoms with Gasteiger partial charge in [0, 0.05) is 6.07 Å². The molecule has 138 valence electrons. The molecule has 0 saturated carbocycles. The average Bonchev–Trinajstić information content (AvgIpc) is 2.78. The van der Waals surface area contributed by atoms with Gasteiger partial charge in [-0.15, -0.1) is 0 Å². The number of nitro groups is 1. The number of hydrogen-bond acceptors (Lipinski definition) is 2. The Morgan fingerprint density at radius 1 is 0.517 bits per heavy atom. The van der Waals surface area contributed by atoms with Gasteiger partial charge in [0.05, 0.1) is 10.5 Å². The van der Waals surface area contributed by atoms with Gasteiger partial charge in [-0.1, -0.05) is 91.0 Å². The van der Waals surface area contributed by atoms with Crippen molar-refractivity contribution in [2.75, 3.05) is 0 Å². The SMILES string of the molecule is O=[N+]([O-])c1ccccc1-c1cccc2cccc(-c3cccc4ccccc34)c12. The number of hydrogen-bond donors (Lipinski definition) is 0. The number of rotatable bonds is 3. The topological polar surface area (TPSA) is 43.1 Å². The van der Waals surface area contributed by atoms with Gasteiger partial charge in [-0.25, -0.2) is 0 Å². The Labute approximate surface area is 168 Å². The molecule has 5 aromatic rings. The van der Waals surface area contributed by atoms with Crippen molar-refractivity contribution in [3.63, 3.8) is 0 Å². The van der Waals surface area contributed by atoms with Crippen LogP contribution in [0.2, 0.25) is 0 Å². The van der Waals surface area contributed by atoms with Crippen molar-refractivity contribution in [1.29, 1.82) is 0 Å². The van der Waals surface area contributed by atoms with Crippen molar-refractivity contribution in [3.8, 4) is 22.3 Å². The average molecular weight is 375 g/mol. The summed E-state index contributed by atoms with van der Waals surface area (Å²) in [6.07, 6.45) is 0. The van der Waals surface area contributed by atoms with Crippen LogP contribution in [-0.4, -0.2) is 4.92 Å². The summed E-state index contributed by atoms with van der Waals surface area (Å²) in [5, 5.41) is 16.1. The maximum absolute atomic E-state index is 11.7. The van der Waals surface area contributed by atoms with Gasteiger partial charge >= 0.3 is 0 Å². The molecule has 3 nitrogen and oxygen atoms in total. The van der Waals surface area contributed by atoms with E-state index in [1.54, 1.807) is 12.1 Å². The van der Waals surface area contributed by atoms with Crippen LogP contribution in [0.15, 0.2) is 103 Å². The zero-order chi connectivity index (χ0) is 19.8. The molecule has 29 heavy (non-hydrogen) atoms. The predicted molar refractivity (Wildman–Crippen MR) is 119 cm³/mol. The fraction of sp³-hybridized carbons (Fsp3) is 0. The molecule has 0 radical (unpaired) electrons. The molecule has 0 aliphatic carbocycles. The number of nitro benzene ring substituents is 1. The minimum absolute atomic E-state index is 0.118. The standard InChI is InChI=1S/C26H17NO2/c28-27(29)25-17-4-3-13-22(25)24-16-7-11-19-10-6-15-23(26(19)24)21-14-5-9-18-8-1-2-12-20(18)21/h1-17H. The minimum atomic E-state index is -0.311. The van der Waals surface area contributed by atoms with E-state index in [-0.39, 0.29) is 10.6 Å². The zero-order valence-electron chi connectivity index (χ0n) is 15.6. The molecule has 0 saturated heterocycles. The summed E-state index contributed by atoms with van der Waals surface area (Å²) in [5.41, 5.74) is 3.83. The summed E-state index contributed by atoms with van der Waals surface area (Å²) >= 11 is 0. The van der Waals surface area contributed by atoms with E-state index in [0.717, 1.165) is 27.5 Å². The summed E-state index contributed by atoms with van der Waals surface area (Å²) in [5.74, 6) is 0. The summed E-state index contributed by atoms with van der Waals surface area (Å²) in [6.45, 7) is 0. The van der Waals surface area contributed by atoms with Gasteiger partial charge in [0.2, 0.25) is 0 Å². The molecule has 5 rings (SSSR count). The summed E-state index contributed by atoms with van der Waals surface area (Å²) in [4.78, 5) is 11.4. The van der Waals surface area contributed by atoms with Gasteiger partial charge in [-0.3, -0.25) is 10.1 Å². The first-order valence-corrected chi connectivity index (χ1v) is 9.48. The molecule has 5 aromatic carbocycles. The van der Waals surface area contributed by atoms with E-state index in [0.29, 0.717) is 5.56 Å². The highest BCUT2D eigenvalue weighted by atomic mass is 16.6. The van der Waals surface area contributed by atoms with Crippen molar-refractivity contribution in [2.24, 2.45) is 0 Å². The Morgan fingerprint density at radius 3 is 1.79 bits per heavy atom. The van der Waals surface area contributed by atoms with Gasteiger partial charge in [-0.05, 0) is 44.3 Å². The molecule has 0 aliphatic heterocycles. The Morgan fingerprint density at radius 2 is 1.03 bits per heavy atom. The maximum Gasteiger partial charge on any atom is 0.277 e. The van der Waals surface area contributed by atoms with E-state index in [4.69, 9.17) is 0 Å². The molecule has 0 aromatic heterocycles. The molecule has 0 amide bonds. The largest absolute Gasteiger partial charge is 0.277 e. The van der Waals surface area contributed by atoms with Crippen molar-refractivity contribution in [3.05, 3.63) is 113 Å². The first kappa shape index (κ1) is 17.1. The summed E-state index contributed by atoms with van der Waals surface area (Å²) in [7, 11) is 0. The van der Waals surface area contributed by atoms with E-state index in [1.807, 2.05) is 42.5 Å². The van der Waals surface area contributed by atoms with Crippen LogP contribution in [0.1, 0.15) is 0 Å². The third-order valence-corrected chi connectivity index (χ3v) is 5.38.